The Labute approximate surface area is 121 Å². The molecule has 0 amide bonds. The summed E-state index contributed by atoms with van der Waals surface area (Å²) in [6.45, 7) is 4.17. The molecule has 2 heteroatoms. The molecule has 0 bridgehead atoms. The van der Waals surface area contributed by atoms with Crippen LogP contribution in [0.2, 0.25) is 0 Å². The zero-order valence-electron chi connectivity index (χ0n) is 11.9. The van der Waals surface area contributed by atoms with Crippen LogP contribution < -0.4 is 5.73 Å². The highest BCUT2D eigenvalue weighted by molar-refractivity contribution is 5.32. The van der Waals surface area contributed by atoms with E-state index in [0.717, 1.165) is 13.1 Å². The normalized spacial score (nSPS) is 22.8. The van der Waals surface area contributed by atoms with Gasteiger partial charge < -0.3 is 5.73 Å². The van der Waals surface area contributed by atoms with Crippen LogP contribution in [0.5, 0.6) is 0 Å². The highest BCUT2D eigenvalue weighted by atomic mass is 15.3. The van der Waals surface area contributed by atoms with Crippen LogP contribution in [0.25, 0.3) is 0 Å². The molecule has 0 saturated carbocycles. The van der Waals surface area contributed by atoms with E-state index in [-0.39, 0.29) is 0 Å². The van der Waals surface area contributed by atoms with Gasteiger partial charge in [-0.25, -0.2) is 0 Å². The molecule has 2 nitrogen and oxygen atoms in total. The van der Waals surface area contributed by atoms with E-state index in [2.05, 4.69) is 72.5 Å². The molecule has 104 valence electrons. The fraction of sp³-hybridized carbons (Fsp3) is 0.333. The number of hydrogen-bond donors (Lipinski definition) is 1. The molecule has 20 heavy (non-hydrogen) atoms. The molecule has 0 aliphatic carbocycles. The Hall–Kier alpha value is -1.64. The van der Waals surface area contributed by atoms with Gasteiger partial charge in [0, 0.05) is 12.6 Å². The second kappa shape index (κ2) is 5.78. The van der Waals surface area contributed by atoms with Crippen LogP contribution >= 0.6 is 0 Å². The molecule has 0 radical (unpaired) electrons. The largest absolute Gasteiger partial charge is 0.330 e. The number of nitrogens with zero attached hydrogens (tertiary/aromatic N) is 1. The van der Waals surface area contributed by atoms with Crippen molar-refractivity contribution in [3.8, 4) is 0 Å². The number of rotatable bonds is 4. The van der Waals surface area contributed by atoms with Crippen molar-refractivity contribution in [2.45, 2.75) is 19.0 Å². The van der Waals surface area contributed by atoms with Gasteiger partial charge in [0.25, 0.3) is 0 Å². The van der Waals surface area contributed by atoms with E-state index in [1.807, 2.05) is 0 Å². The van der Waals surface area contributed by atoms with E-state index in [1.54, 1.807) is 0 Å². The topological polar surface area (TPSA) is 29.3 Å². The molecular formula is C18H22N2. The van der Waals surface area contributed by atoms with Gasteiger partial charge in [0.05, 0.1) is 6.04 Å². The van der Waals surface area contributed by atoms with E-state index >= 15 is 0 Å². The Kier molecular flexibility index (Phi) is 3.86. The molecule has 1 fully saturated rings. The molecular weight excluding hydrogens is 244 g/mol. The van der Waals surface area contributed by atoms with Gasteiger partial charge in [-0.05, 0) is 30.5 Å². The molecule has 3 rings (SSSR count). The Morgan fingerprint density at radius 2 is 1.50 bits per heavy atom. The van der Waals surface area contributed by atoms with E-state index in [0.29, 0.717) is 18.0 Å². The van der Waals surface area contributed by atoms with Crippen molar-refractivity contribution in [2.75, 3.05) is 13.1 Å². The molecule has 0 aromatic heterocycles. The first kappa shape index (κ1) is 13.3. The fourth-order valence-corrected chi connectivity index (χ4v) is 3.18. The van der Waals surface area contributed by atoms with E-state index in [1.165, 1.54) is 11.1 Å². The average molecular weight is 266 g/mol. The summed E-state index contributed by atoms with van der Waals surface area (Å²) in [7, 11) is 0. The molecule has 1 aliphatic rings. The summed E-state index contributed by atoms with van der Waals surface area (Å²) in [4.78, 5) is 2.56. The second-order valence-corrected chi connectivity index (χ2v) is 5.66. The van der Waals surface area contributed by atoms with Crippen LogP contribution in [0.4, 0.5) is 0 Å². The molecule has 2 aromatic rings. The number of nitrogens with two attached hydrogens (primary N) is 1. The zero-order valence-corrected chi connectivity index (χ0v) is 11.9. The highest BCUT2D eigenvalue weighted by Gasteiger charge is 2.39. The van der Waals surface area contributed by atoms with E-state index in [9.17, 15) is 0 Å². The SMILES string of the molecule is C[C@H]1C(CN)CN1C(c1ccccc1)c1ccccc1. The maximum absolute atomic E-state index is 5.84. The molecule has 1 aliphatic heterocycles. The lowest BCUT2D eigenvalue weighted by atomic mass is 9.84. The molecule has 2 N–H and O–H groups in total. The molecule has 0 spiro atoms. The molecule has 1 unspecified atom stereocenters. The maximum atomic E-state index is 5.84. The number of benzene rings is 2. The number of hydrogen-bond acceptors (Lipinski definition) is 2. The Bertz CT molecular complexity index is 498. The maximum Gasteiger partial charge on any atom is 0.0604 e. The van der Waals surface area contributed by atoms with Crippen molar-refractivity contribution in [2.24, 2.45) is 11.7 Å². The third-order valence-corrected chi connectivity index (χ3v) is 4.52. The summed E-state index contributed by atoms with van der Waals surface area (Å²) in [6.07, 6.45) is 0. The minimum atomic E-state index is 0.343. The smallest absolute Gasteiger partial charge is 0.0604 e. The van der Waals surface area contributed by atoms with Gasteiger partial charge >= 0.3 is 0 Å². The van der Waals surface area contributed by atoms with Crippen LogP contribution in [0.1, 0.15) is 24.1 Å². The van der Waals surface area contributed by atoms with Crippen LogP contribution in [0, 0.1) is 5.92 Å². The minimum Gasteiger partial charge on any atom is -0.330 e. The monoisotopic (exact) mass is 266 g/mol. The predicted molar refractivity (Wildman–Crippen MR) is 83.4 cm³/mol. The molecule has 2 aromatic carbocycles. The molecule has 1 heterocycles. The van der Waals surface area contributed by atoms with Crippen LogP contribution in [-0.4, -0.2) is 24.0 Å². The quantitative estimate of drug-likeness (QED) is 0.921. The van der Waals surface area contributed by atoms with Gasteiger partial charge in [-0.15, -0.1) is 0 Å². The number of likely N-dealkylation sites (tertiary alicyclic amines) is 1. The average Bonchev–Trinajstić information content (AvgIpc) is 2.52. The first-order chi connectivity index (χ1) is 9.81. The lowest BCUT2D eigenvalue weighted by molar-refractivity contribution is 0.00498. The first-order valence-corrected chi connectivity index (χ1v) is 7.37. The van der Waals surface area contributed by atoms with E-state index < -0.39 is 0 Å². The lowest BCUT2D eigenvalue weighted by Gasteiger charge is -2.50. The van der Waals surface area contributed by atoms with Crippen molar-refractivity contribution in [1.82, 2.24) is 4.90 Å². The van der Waals surface area contributed by atoms with E-state index in [4.69, 9.17) is 5.73 Å². The Balaban J connectivity index is 1.94. The van der Waals surface area contributed by atoms with Crippen molar-refractivity contribution >= 4 is 0 Å². The zero-order chi connectivity index (χ0) is 13.9. The summed E-state index contributed by atoms with van der Waals surface area (Å²) in [5.74, 6) is 0.630. The molecule has 1 saturated heterocycles. The molecule has 2 atom stereocenters. The van der Waals surface area contributed by atoms with Gasteiger partial charge in [-0.1, -0.05) is 60.7 Å². The van der Waals surface area contributed by atoms with Crippen LogP contribution in [0.3, 0.4) is 0 Å². The Morgan fingerprint density at radius 1 is 1.00 bits per heavy atom. The van der Waals surface area contributed by atoms with Crippen molar-refractivity contribution in [1.29, 1.82) is 0 Å². The van der Waals surface area contributed by atoms with Gasteiger partial charge in [0.15, 0.2) is 0 Å². The van der Waals surface area contributed by atoms with Crippen molar-refractivity contribution < 1.29 is 0 Å². The first-order valence-electron chi connectivity index (χ1n) is 7.37. The third-order valence-electron chi connectivity index (χ3n) is 4.52. The fourth-order valence-electron chi connectivity index (χ4n) is 3.18. The summed E-state index contributed by atoms with van der Waals surface area (Å²) >= 11 is 0. The third kappa shape index (κ3) is 2.37. The van der Waals surface area contributed by atoms with Gasteiger partial charge in [-0.3, -0.25) is 4.90 Å². The van der Waals surface area contributed by atoms with Gasteiger partial charge in [0.1, 0.15) is 0 Å². The summed E-state index contributed by atoms with van der Waals surface area (Å²) in [6, 6.07) is 22.4. The summed E-state index contributed by atoms with van der Waals surface area (Å²) in [5.41, 5.74) is 8.56. The highest BCUT2D eigenvalue weighted by Crippen LogP contribution is 2.37. The van der Waals surface area contributed by atoms with Crippen LogP contribution in [-0.2, 0) is 0 Å². The second-order valence-electron chi connectivity index (χ2n) is 5.66. The van der Waals surface area contributed by atoms with Crippen molar-refractivity contribution in [3.63, 3.8) is 0 Å². The summed E-state index contributed by atoms with van der Waals surface area (Å²) < 4.78 is 0. The van der Waals surface area contributed by atoms with Gasteiger partial charge in [0.2, 0.25) is 0 Å². The minimum absolute atomic E-state index is 0.343. The van der Waals surface area contributed by atoms with Crippen LogP contribution in [0.15, 0.2) is 60.7 Å². The predicted octanol–water partition coefficient (Wildman–Crippen LogP) is 3.06. The summed E-state index contributed by atoms with van der Waals surface area (Å²) in [5, 5.41) is 0. The van der Waals surface area contributed by atoms with Crippen molar-refractivity contribution in [3.05, 3.63) is 71.8 Å². The standard InChI is InChI=1S/C18H22N2/c1-14-17(12-19)13-20(14)18(15-8-4-2-5-9-15)16-10-6-3-7-11-16/h2-11,14,17-18H,12-13,19H2,1H3/t14-,17?/m0/s1. The lowest BCUT2D eigenvalue weighted by Crippen LogP contribution is -2.58. The van der Waals surface area contributed by atoms with Gasteiger partial charge in [-0.2, -0.15) is 0 Å². The Morgan fingerprint density at radius 3 is 1.90 bits per heavy atom.